The molecular weight excluding hydrogens is 424 g/mol. The molecule has 0 N–H and O–H groups in total. The third-order valence-corrected chi connectivity index (χ3v) is 5.99. The van der Waals surface area contributed by atoms with Crippen molar-refractivity contribution >= 4 is 0 Å². The van der Waals surface area contributed by atoms with Gasteiger partial charge in [0.1, 0.15) is 0 Å². The van der Waals surface area contributed by atoms with Crippen LogP contribution in [-0.4, -0.2) is 9.97 Å². The second-order valence-corrected chi connectivity index (χ2v) is 8.02. The molecule has 0 aromatic carbocycles. The van der Waals surface area contributed by atoms with Crippen LogP contribution in [-0.2, 0) is 23.6 Å². The van der Waals surface area contributed by atoms with Gasteiger partial charge in [-0.05, 0) is 0 Å². The zero-order chi connectivity index (χ0) is 19.7. The molecule has 161 valence electrons. The van der Waals surface area contributed by atoms with E-state index in [0.717, 1.165) is 41.3 Å². The van der Waals surface area contributed by atoms with Crippen LogP contribution in [0.5, 0.6) is 11.8 Å². The molecule has 4 rings (SSSR count). The average Bonchev–Trinajstić information content (AvgIpc) is 2.80. The molecule has 0 unspecified atom stereocenters. The van der Waals surface area contributed by atoms with Crippen LogP contribution in [0.1, 0.15) is 76.3 Å². The molecule has 0 radical (unpaired) electrons. The Bertz CT molecular complexity index is 706. The summed E-state index contributed by atoms with van der Waals surface area (Å²) in [5, 5.41) is 0. The Morgan fingerprint density at radius 1 is 0.690 bits per heavy atom. The van der Waals surface area contributed by atoms with Gasteiger partial charge in [0.25, 0.3) is 0 Å². The van der Waals surface area contributed by atoms with Crippen LogP contribution in [0.15, 0.2) is 37.2 Å². The Labute approximate surface area is 177 Å². The summed E-state index contributed by atoms with van der Waals surface area (Å²) in [5.74, 6) is 1.10. The molecular formula is C20H28CuN4O4+2. The minimum absolute atomic E-state index is 0.413. The number of hydrogen-bond acceptors (Lipinski definition) is 6. The molecule has 0 atom stereocenters. The van der Waals surface area contributed by atoms with E-state index in [1.165, 1.54) is 38.5 Å². The van der Waals surface area contributed by atoms with Gasteiger partial charge in [-0.1, -0.05) is 0 Å². The van der Waals surface area contributed by atoms with E-state index in [0.29, 0.717) is 23.8 Å². The molecule has 2 aliphatic carbocycles. The number of aromatic nitrogens is 4. The van der Waals surface area contributed by atoms with E-state index in [-0.39, 0.29) is 0 Å². The zero-order valence-corrected chi connectivity index (χ0v) is 17.4. The van der Waals surface area contributed by atoms with Crippen molar-refractivity contribution in [2.24, 2.45) is 0 Å². The maximum absolute atomic E-state index is 5.41. The molecule has 0 saturated heterocycles. The molecule has 0 bridgehead atoms. The first-order chi connectivity index (χ1) is 14.4. The van der Waals surface area contributed by atoms with E-state index in [1.807, 2.05) is 12.4 Å². The van der Waals surface area contributed by atoms with Crippen molar-refractivity contribution in [2.45, 2.75) is 76.3 Å². The summed E-state index contributed by atoms with van der Waals surface area (Å²) in [6.07, 6.45) is 22.8. The van der Waals surface area contributed by atoms with E-state index < -0.39 is 0 Å². The van der Waals surface area contributed by atoms with Crippen LogP contribution in [0.25, 0.3) is 0 Å². The van der Waals surface area contributed by atoms with Crippen molar-refractivity contribution in [1.29, 1.82) is 0 Å². The molecule has 9 heteroatoms. The maximum atomic E-state index is 5.41. The summed E-state index contributed by atoms with van der Waals surface area (Å²) in [5.41, 5.74) is 0. The Hall–Kier alpha value is -1.80. The topological polar surface area (TPSA) is 70.5 Å². The Morgan fingerprint density at radius 2 is 1.14 bits per heavy atom. The summed E-state index contributed by atoms with van der Waals surface area (Å²) in [4.78, 5) is 19.1. The monoisotopic (exact) mass is 451 g/mol. The van der Waals surface area contributed by atoms with Gasteiger partial charge in [-0.3, -0.25) is 0 Å². The van der Waals surface area contributed by atoms with Crippen molar-refractivity contribution in [3.05, 3.63) is 37.2 Å². The van der Waals surface area contributed by atoms with Crippen molar-refractivity contribution < 1.29 is 42.5 Å². The Balaban J connectivity index is 1.27. The third kappa shape index (κ3) is 5.63. The summed E-state index contributed by atoms with van der Waals surface area (Å²) in [6, 6.07) is 0.826. The summed E-state index contributed by atoms with van der Waals surface area (Å²) < 4.78 is 14.4. The molecule has 0 amide bonds. The summed E-state index contributed by atoms with van der Waals surface area (Å²) in [6.45, 7) is 0. The van der Waals surface area contributed by atoms with Gasteiger partial charge in [0.15, 0.2) is 0 Å². The van der Waals surface area contributed by atoms with E-state index >= 15 is 0 Å². The fraction of sp³-hybridized carbons (Fsp3) is 0.600. The normalized spacial score (nSPS) is 18.6. The average molecular weight is 452 g/mol. The van der Waals surface area contributed by atoms with Gasteiger partial charge in [-0.15, -0.1) is 0 Å². The number of rotatable bonds is 8. The molecule has 0 aliphatic heterocycles. The Kier molecular flexibility index (Phi) is 7.64. The SMILES string of the molecule is c1c[n+](C2CCCCC2)c(O[O][Cu][O]Oc2cncc[n+]2C2CCCCC2)cn1. The predicted molar refractivity (Wildman–Crippen MR) is 96.5 cm³/mol. The van der Waals surface area contributed by atoms with Gasteiger partial charge in [0.2, 0.25) is 0 Å². The van der Waals surface area contributed by atoms with E-state index in [1.54, 1.807) is 24.8 Å². The molecule has 29 heavy (non-hydrogen) atoms. The van der Waals surface area contributed by atoms with Gasteiger partial charge in [0.05, 0.1) is 0 Å². The van der Waals surface area contributed by atoms with Crippen LogP contribution in [0.3, 0.4) is 0 Å². The third-order valence-electron chi connectivity index (χ3n) is 5.70. The van der Waals surface area contributed by atoms with Crippen molar-refractivity contribution in [2.75, 3.05) is 0 Å². The van der Waals surface area contributed by atoms with Crippen LogP contribution in [0, 0.1) is 0 Å². The van der Waals surface area contributed by atoms with E-state index in [4.69, 9.17) is 17.7 Å². The number of nitrogens with zero attached hydrogens (tertiary/aromatic N) is 4. The van der Waals surface area contributed by atoms with Gasteiger partial charge < -0.3 is 0 Å². The molecule has 2 aromatic rings. The predicted octanol–water partition coefficient (Wildman–Crippen LogP) is 3.30. The van der Waals surface area contributed by atoms with Gasteiger partial charge in [-0.25, -0.2) is 0 Å². The summed E-state index contributed by atoms with van der Waals surface area (Å²) >= 11 is 0.726. The van der Waals surface area contributed by atoms with Crippen LogP contribution >= 0.6 is 0 Å². The van der Waals surface area contributed by atoms with Crippen molar-refractivity contribution in [1.82, 2.24) is 9.97 Å². The van der Waals surface area contributed by atoms with Crippen LogP contribution in [0.4, 0.5) is 0 Å². The molecule has 2 fully saturated rings. The van der Waals surface area contributed by atoms with Gasteiger partial charge in [0, 0.05) is 0 Å². The summed E-state index contributed by atoms with van der Waals surface area (Å²) in [7, 11) is 0. The fourth-order valence-electron chi connectivity index (χ4n) is 4.25. The molecule has 2 aromatic heterocycles. The standard InChI is InChI=1S/2C10H14N2O2.Cu/c2*13-14-10-8-11-6-7-12(10)9-4-2-1-3-5-9;/h2*6-9H,1-5H2;/q;;+2. The molecule has 2 saturated carbocycles. The molecule has 2 heterocycles. The first-order valence-corrected chi connectivity index (χ1v) is 11.1. The second kappa shape index (κ2) is 10.8. The molecule has 2 aliphatic rings. The van der Waals surface area contributed by atoms with E-state index in [9.17, 15) is 0 Å². The van der Waals surface area contributed by atoms with Crippen molar-refractivity contribution in [3.63, 3.8) is 0 Å². The van der Waals surface area contributed by atoms with Crippen molar-refractivity contribution in [3.8, 4) is 11.8 Å². The Morgan fingerprint density at radius 3 is 1.59 bits per heavy atom. The van der Waals surface area contributed by atoms with Crippen LogP contribution < -0.4 is 18.9 Å². The first-order valence-electron chi connectivity index (χ1n) is 10.4. The fourth-order valence-corrected chi connectivity index (χ4v) is 4.50. The minimum atomic E-state index is 0.413. The first kappa shape index (κ1) is 20.5. The number of hydrogen-bond donors (Lipinski definition) is 0. The molecule has 8 nitrogen and oxygen atoms in total. The second-order valence-electron chi connectivity index (χ2n) is 7.54. The quantitative estimate of drug-likeness (QED) is 0.202. The van der Waals surface area contributed by atoms with E-state index in [2.05, 4.69) is 19.1 Å². The van der Waals surface area contributed by atoms with Gasteiger partial charge in [-0.2, -0.15) is 0 Å². The zero-order valence-electron chi connectivity index (χ0n) is 16.4. The van der Waals surface area contributed by atoms with Gasteiger partial charge >= 0.3 is 178 Å². The van der Waals surface area contributed by atoms with Crippen LogP contribution in [0.2, 0.25) is 0 Å². The molecule has 0 spiro atoms.